The van der Waals surface area contributed by atoms with Crippen molar-refractivity contribution in [3.8, 4) is 0 Å². The van der Waals surface area contributed by atoms with Crippen LogP contribution in [0.2, 0.25) is 0 Å². The van der Waals surface area contributed by atoms with Crippen molar-refractivity contribution in [2.75, 3.05) is 0 Å². The number of halogens is 1. The molecule has 2 heterocycles. The molecule has 0 N–H and O–H groups in total. The zero-order valence-electron chi connectivity index (χ0n) is 10.7. The molecular weight excluding hydrogens is 302 g/mol. The van der Waals surface area contributed by atoms with Gasteiger partial charge in [-0.25, -0.2) is 9.97 Å². The van der Waals surface area contributed by atoms with Gasteiger partial charge in [0.2, 0.25) is 0 Å². The van der Waals surface area contributed by atoms with E-state index in [0.717, 1.165) is 28.9 Å². The van der Waals surface area contributed by atoms with Gasteiger partial charge in [-0.05, 0) is 40.9 Å². The van der Waals surface area contributed by atoms with Crippen LogP contribution in [0.1, 0.15) is 17.0 Å². The van der Waals surface area contributed by atoms with Crippen LogP contribution < -0.4 is 0 Å². The molecule has 4 heteroatoms. The maximum atomic E-state index is 4.54. The number of nitrogens with zero attached hydrogens (tertiary/aromatic N) is 3. The minimum Gasteiger partial charge on any atom is -0.287 e. The van der Waals surface area contributed by atoms with Crippen molar-refractivity contribution in [1.29, 1.82) is 0 Å². The van der Waals surface area contributed by atoms with E-state index in [1.807, 2.05) is 16.7 Å². The zero-order valence-corrected chi connectivity index (χ0v) is 12.3. The third-order valence-electron chi connectivity index (χ3n) is 3.19. The lowest BCUT2D eigenvalue weighted by Crippen LogP contribution is -1.98. The quantitative estimate of drug-likeness (QED) is 0.739. The van der Waals surface area contributed by atoms with Gasteiger partial charge in [0.15, 0.2) is 10.3 Å². The summed E-state index contributed by atoms with van der Waals surface area (Å²) in [4.78, 5) is 8.86. The molecule has 0 saturated heterocycles. The molecule has 0 aliphatic heterocycles. The van der Waals surface area contributed by atoms with E-state index < -0.39 is 0 Å². The normalized spacial score (nSPS) is 11.1. The van der Waals surface area contributed by atoms with Crippen molar-refractivity contribution >= 4 is 21.6 Å². The number of rotatable bonds is 3. The van der Waals surface area contributed by atoms with Crippen LogP contribution in [0.3, 0.4) is 0 Å². The van der Waals surface area contributed by atoms with E-state index in [2.05, 4.69) is 57.1 Å². The average Bonchev–Trinajstić information content (AvgIpc) is 2.76. The standard InChI is InChI=1S/C15H14BrN3/c1-11-3-5-12(6-4-11)7-8-13-18-14(16)15-17-9-2-10-19(13)15/h2-6,9-10H,7-8H2,1H3. The van der Waals surface area contributed by atoms with E-state index in [9.17, 15) is 0 Å². The van der Waals surface area contributed by atoms with Crippen molar-refractivity contribution in [2.45, 2.75) is 19.8 Å². The summed E-state index contributed by atoms with van der Waals surface area (Å²) in [6.07, 6.45) is 5.68. The van der Waals surface area contributed by atoms with Crippen LogP contribution in [0, 0.1) is 6.92 Å². The third kappa shape index (κ3) is 2.54. The number of aryl methyl sites for hydroxylation is 3. The molecule has 0 aliphatic rings. The molecule has 0 saturated carbocycles. The summed E-state index contributed by atoms with van der Waals surface area (Å²) in [6.45, 7) is 2.11. The Labute approximate surface area is 120 Å². The highest BCUT2D eigenvalue weighted by molar-refractivity contribution is 9.10. The predicted octanol–water partition coefficient (Wildman–Crippen LogP) is 3.59. The average molecular weight is 316 g/mol. The summed E-state index contributed by atoms with van der Waals surface area (Å²) in [5.41, 5.74) is 3.51. The summed E-state index contributed by atoms with van der Waals surface area (Å²) in [5.74, 6) is 1.04. The van der Waals surface area contributed by atoms with Crippen LogP contribution in [-0.2, 0) is 12.8 Å². The van der Waals surface area contributed by atoms with Crippen LogP contribution in [0.25, 0.3) is 5.65 Å². The molecule has 3 rings (SSSR count). The zero-order chi connectivity index (χ0) is 13.2. The van der Waals surface area contributed by atoms with Gasteiger partial charge in [-0.3, -0.25) is 4.40 Å². The molecule has 0 amide bonds. The largest absolute Gasteiger partial charge is 0.287 e. The highest BCUT2D eigenvalue weighted by Gasteiger charge is 2.09. The Kier molecular flexibility index (Phi) is 3.34. The van der Waals surface area contributed by atoms with E-state index in [1.54, 1.807) is 6.20 Å². The minimum absolute atomic E-state index is 0.812. The Morgan fingerprint density at radius 1 is 1.16 bits per heavy atom. The fraction of sp³-hybridized carbons (Fsp3) is 0.200. The van der Waals surface area contributed by atoms with E-state index in [4.69, 9.17) is 0 Å². The van der Waals surface area contributed by atoms with Crippen molar-refractivity contribution in [3.63, 3.8) is 0 Å². The second-order valence-corrected chi connectivity index (χ2v) is 5.37. The van der Waals surface area contributed by atoms with Crippen molar-refractivity contribution in [3.05, 3.63) is 64.3 Å². The molecule has 0 atom stereocenters. The first-order chi connectivity index (χ1) is 9.24. The maximum Gasteiger partial charge on any atom is 0.171 e. The van der Waals surface area contributed by atoms with Crippen LogP contribution in [0.15, 0.2) is 47.3 Å². The number of fused-ring (bicyclic) bond motifs is 1. The molecule has 0 spiro atoms. The summed E-state index contributed by atoms with van der Waals surface area (Å²) < 4.78 is 2.85. The van der Waals surface area contributed by atoms with Gasteiger partial charge in [-0.2, -0.15) is 0 Å². The van der Waals surface area contributed by atoms with E-state index in [0.29, 0.717) is 0 Å². The Morgan fingerprint density at radius 3 is 2.74 bits per heavy atom. The highest BCUT2D eigenvalue weighted by Crippen LogP contribution is 2.17. The molecule has 3 aromatic rings. The van der Waals surface area contributed by atoms with E-state index in [-0.39, 0.29) is 0 Å². The van der Waals surface area contributed by atoms with Crippen LogP contribution in [0.4, 0.5) is 0 Å². The lowest BCUT2D eigenvalue weighted by molar-refractivity contribution is 0.848. The van der Waals surface area contributed by atoms with Crippen molar-refractivity contribution < 1.29 is 0 Å². The Morgan fingerprint density at radius 2 is 1.95 bits per heavy atom. The number of benzene rings is 1. The summed E-state index contributed by atoms with van der Waals surface area (Å²) in [7, 11) is 0. The Balaban J connectivity index is 1.84. The monoisotopic (exact) mass is 315 g/mol. The molecule has 3 nitrogen and oxygen atoms in total. The van der Waals surface area contributed by atoms with Gasteiger partial charge in [-0.15, -0.1) is 0 Å². The second kappa shape index (κ2) is 5.13. The molecule has 0 unspecified atom stereocenters. The van der Waals surface area contributed by atoms with E-state index in [1.165, 1.54) is 11.1 Å². The Bertz CT molecular complexity index is 701. The second-order valence-electron chi connectivity index (χ2n) is 4.62. The molecule has 1 aromatic carbocycles. The van der Waals surface area contributed by atoms with Crippen LogP contribution >= 0.6 is 15.9 Å². The Hall–Kier alpha value is -1.68. The number of aromatic nitrogens is 3. The van der Waals surface area contributed by atoms with Gasteiger partial charge in [0, 0.05) is 18.8 Å². The minimum atomic E-state index is 0.812. The highest BCUT2D eigenvalue weighted by atomic mass is 79.9. The van der Waals surface area contributed by atoms with Crippen LogP contribution in [-0.4, -0.2) is 14.4 Å². The summed E-state index contributed by atoms with van der Waals surface area (Å²) in [5, 5.41) is 0. The van der Waals surface area contributed by atoms with Gasteiger partial charge in [-0.1, -0.05) is 29.8 Å². The first kappa shape index (κ1) is 12.4. The lowest BCUT2D eigenvalue weighted by Gasteiger charge is -2.02. The fourth-order valence-electron chi connectivity index (χ4n) is 2.14. The number of hydrogen-bond acceptors (Lipinski definition) is 2. The number of hydrogen-bond donors (Lipinski definition) is 0. The van der Waals surface area contributed by atoms with Crippen LogP contribution in [0.5, 0.6) is 0 Å². The molecule has 96 valence electrons. The SMILES string of the molecule is Cc1ccc(CCc2nc(Br)c3ncccn23)cc1. The molecular formula is C15H14BrN3. The van der Waals surface area contributed by atoms with Gasteiger partial charge < -0.3 is 0 Å². The van der Waals surface area contributed by atoms with E-state index >= 15 is 0 Å². The number of imidazole rings is 1. The van der Waals surface area contributed by atoms with Gasteiger partial charge in [0.1, 0.15) is 5.82 Å². The first-order valence-corrected chi connectivity index (χ1v) is 7.06. The van der Waals surface area contributed by atoms with Crippen molar-refractivity contribution in [1.82, 2.24) is 14.4 Å². The molecule has 0 aliphatic carbocycles. The smallest absolute Gasteiger partial charge is 0.171 e. The first-order valence-electron chi connectivity index (χ1n) is 6.27. The predicted molar refractivity (Wildman–Crippen MR) is 79.3 cm³/mol. The molecule has 0 fully saturated rings. The molecule has 0 bridgehead atoms. The van der Waals surface area contributed by atoms with Gasteiger partial charge in [0.05, 0.1) is 0 Å². The summed E-state index contributed by atoms with van der Waals surface area (Å²) in [6, 6.07) is 10.6. The maximum absolute atomic E-state index is 4.54. The van der Waals surface area contributed by atoms with Gasteiger partial charge >= 0.3 is 0 Å². The fourth-order valence-corrected chi connectivity index (χ4v) is 2.63. The molecule has 0 radical (unpaired) electrons. The van der Waals surface area contributed by atoms with Crippen molar-refractivity contribution in [2.24, 2.45) is 0 Å². The lowest BCUT2D eigenvalue weighted by atomic mass is 10.1. The third-order valence-corrected chi connectivity index (χ3v) is 3.73. The topological polar surface area (TPSA) is 30.2 Å². The summed E-state index contributed by atoms with van der Waals surface area (Å²) >= 11 is 3.46. The molecule has 19 heavy (non-hydrogen) atoms. The van der Waals surface area contributed by atoms with Gasteiger partial charge in [0.25, 0.3) is 0 Å². The molecule has 2 aromatic heterocycles.